The zero-order valence-corrected chi connectivity index (χ0v) is 14.0. The molecule has 4 nitrogen and oxygen atoms in total. The van der Waals surface area contributed by atoms with Crippen molar-refractivity contribution in [2.24, 2.45) is 5.92 Å². The normalized spacial score (nSPS) is 19.8. The van der Waals surface area contributed by atoms with Gasteiger partial charge in [-0.3, -0.25) is 4.79 Å². The second kappa shape index (κ2) is 6.36. The van der Waals surface area contributed by atoms with Gasteiger partial charge in [0.2, 0.25) is 15.9 Å². The van der Waals surface area contributed by atoms with E-state index in [0.29, 0.717) is 17.5 Å². The van der Waals surface area contributed by atoms with Crippen molar-refractivity contribution in [1.29, 1.82) is 0 Å². The first-order valence-corrected chi connectivity index (χ1v) is 9.30. The third-order valence-corrected chi connectivity index (χ3v) is 6.04. The van der Waals surface area contributed by atoms with Crippen LogP contribution in [0.2, 0.25) is 0 Å². The third kappa shape index (κ3) is 3.33. The highest BCUT2D eigenvalue weighted by molar-refractivity contribution is 7.88. The van der Waals surface area contributed by atoms with Crippen LogP contribution in [0.3, 0.4) is 0 Å². The summed E-state index contributed by atoms with van der Waals surface area (Å²) in [7, 11) is -2.47. The highest BCUT2D eigenvalue weighted by Gasteiger charge is 2.48. The van der Waals surface area contributed by atoms with Gasteiger partial charge >= 0.3 is 0 Å². The largest absolute Gasteiger partial charge is 0.273 e. The molecule has 24 heavy (non-hydrogen) atoms. The molecule has 2 atom stereocenters. The van der Waals surface area contributed by atoms with Crippen LogP contribution in [0.15, 0.2) is 54.6 Å². The lowest BCUT2D eigenvalue weighted by atomic mass is 10.1. The first-order valence-electron chi connectivity index (χ1n) is 7.69. The maximum atomic E-state index is 13.8. The number of sulfonamides is 1. The predicted octanol–water partition coefficient (Wildman–Crippen LogP) is 2.92. The van der Waals surface area contributed by atoms with Gasteiger partial charge in [0, 0.05) is 13.0 Å². The van der Waals surface area contributed by atoms with Crippen molar-refractivity contribution in [2.45, 2.75) is 18.1 Å². The molecule has 2 aromatic rings. The summed E-state index contributed by atoms with van der Waals surface area (Å²) in [4.78, 5) is 12.5. The number of hydrogen-bond donors (Lipinski definition) is 0. The van der Waals surface area contributed by atoms with E-state index in [4.69, 9.17) is 0 Å². The van der Waals surface area contributed by atoms with Gasteiger partial charge in [0.25, 0.3) is 0 Å². The topological polar surface area (TPSA) is 54.5 Å². The zero-order chi connectivity index (χ0) is 17.3. The number of benzene rings is 2. The fourth-order valence-corrected chi connectivity index (χ4v) is 4.06. The molecule has 126 valence electrons. The van der Waals surface area contributed by atoms with E-state index in [9.17, 15) is 17.6 Å². The third-order valence-electron chi connectivity index (χ3n) is 4.33. The van der Waals surface area contributed by atoms with Gasteiger partial charge in [-0.25, -0.2) is 17.1 Å². The highest BCUT2D eigenvalue weighted by atomic mass is 32.2. The summed E-state index contributed by atoms with van der Waals surface area (Å²) in [5.74, 6) is -1.77. The lowest BCUT2D eigenvalue weighted by molar-refractivity contribution is -0.127. The molecule has 1 saturated carbocycles. The summed E-state index contributed by atoms with van der Waals surface area (Å²) < 4.78 is 39.4. The van der Waals surface area contributed by atoms with Crippen molar-refractivity contribution in [3.05, 3.63) is 71.5 Å². The molecular weight excluding hydrogens is 329 g/mol. The number of hydrogen-bond acceptors (Lipinski definition) is 3. The molecule has 0 N–H and O–H groups in total. The van der Waals surface area contributed by atoms with Crippen LogP contribution in [-0.4, -0.2) is 25.7 Å². The average molecular weight is 347 g/mol. The molecule has 0 radical (unpaired) electrons. The van der Waals surface area contributed by atoms with Crippen molar-refractivity contribution < 1.29 is 17.6 Å². The number of carbonyl (C=O) groups excluding carboxylic acids is 1. The summed E-state index contributed by atoms with van der Waals surface area (Å²) in [5, 5.41) is 0. The predicted molar refractivity (Wildman–Crippen MR) is 89.1 cm³/mol. The molecule has 0 heterocycles. The van der Waals surface area contributed by atoms with Crippen molar-refractivity contribution in [3.63, 3.8) is 0 Å². The van der Waals surface area contributed by atoms with Crippen LogP contribution >= 0.6 is 0 Å². The molecule has 0 saturated heterocycles. The Labute approximate surface area is 141 Å². The molecule has 0 unspecified atom stereocenters. The number of amides is 1. The van der Waals surface area contributed by atoms with Gasteiger partial charge in [0.15, 0.2) is 0 Å². The molecule has 0 bridgehead atoms. The van der Waals surface area contributed by atoms with E-state index in [-0.39, 0.29) is 17.5 Å². The number of rotatable bonds is 5. The van der Waals surface area contributed by atoms with Crippen LogP contribution in [0.4, 0.5) is 4.39 Å². The van der Waals surface area contributed by atoms with Crippen LogP contribution in [0.25, 0.3) is 0 Å². The van der Waals surface area contributed by atoms with Gasteiger partial charge in [0.05, 0.1) is 5.75 Å². The molecule has 6 heteroatoms. The van der Waals surface area contributed by atoms with Gasteiger partial charge in [0.1, 0.15) is 5.82 Å². The van der Waals surface area contributed by atoms with E-state index in [1.54, 1.807) is 48.5 Å². The van der Waals surface area contributed by atoms with Crippen LogP contribution in [0.1, 0.15) is 23.5 Å². The monoisotopic (exact) mass is 347 g/mol. The summed E-state index contributed by atoms with van der Waals surface area (Å²) in [5.41, 5.74) is 1.10. The molecule has 0 aromatic heterocycles. The maximum Gasteiger partial charge on any atom is 0.241 e. The van der Waals surface area contributed by atoms with Crippen molar-refractivity contribution >= 4 is 15.9 Å². The first kappa shape index (κ1) is 16.6. The molecule has 1 fully saturated rings. The molecule has 3 rings (SSSR count). The van der Waals surface area contributed by atoms with Crippen LogP contribution in [-0.2, 0) is 20.6 Å². The Morgan fingerprint density at radius 1 is 1.12 bits per heavy atom. The highest BCUT2D eigenvalue weighted by Crippen LogP contribution is 2.49. The lowest BCUT2D eigenvalue weighted by Crippen LogP contribution is -2.35. The summed E-state index contributed by atoms with van der Waals surface area (Å²) in [6.45, 7) is 0. The lowest BCUT2D eigenvalue weighted by Gasteiger charge is -2.18. The minimum absolute atomic E-state index is 0.229. The van der Waals surface area contributed by atoms with Gasteiger partial charge in [-0.1, -0.05) is 48.5 Å². The molecule has 1 aliphatic rings. The minimum Gasteiger partial charge on any atom is -0.273 e. The fraction of sp³-hybridized carbons (Fsp3) is 0.278. The van der Waals surface area contributed by atoms with E-state index in [1.807, 2.05) is 0 Å². The molecule has 2 aromatic carbocycles. The maximum absolute atomic E-state index is 13.8. The van der Waals surface area contributed by atoms with Crippen molar-refractivity contribution in [2.75, 3.05) is 7.05 Å². The minimum atomic E-state index is -3.74. The quantitative estimate of drug-likeness (QED) is 0.836. The summed E-state index contributed by atoms with van der Waals surface area (Å²) >= 11 is 0. The molecular formula is C18H18FNO3S. The van der Waals surface area contributed by atoms with E-state index in [0.717, 1.165) is 4.31 Å². The molecule has 1 aliphatic carbocycles. The van der Waals surface area contributed by atoms with Crippen LogP contribution in [0.5, 0.6) is 0 Å². The Morgan fingerprint density at radius 3 is 2.42 bits per heavy atom. The first-order chi connectivity index (χ1) is 11.4. The van der Waals surface area contributed by atoms with Gasteiger partial charge in [-0.15, -0.1) is 0 Å². The second-order valence-electron chi connectivity index (χ2n) is 6.02. The SMILES string of the molecule is CN(C(=O)[C@@H]1C[C@H]1c1ccccc1F)S(=O)(=O)Cc1ccccc1. The van der Waals surface area contributed by atoms with E-state index < -0.39 is 21.8 Å². The smallest absolute Gasteiger partial charge is 0.241 e. The number of carbonyl (C=O) groups is 1. The van der Waals surface area contributed by atoms with E-state index in [1.165, 1.54) is 13.1 Å². The van der Waals surface area contributed by atoms with E-state index in [2.05, 4.69) is 0 Å². The van der Waals surface area contributed by atoms with Gasteiger partial charge in [-0.2, -0.15) is 0 Å². The second-order valence-corrected chi connectivity index (χ2v) is 8.02. The zero-order valence-electron chi connectivity index (χ0n) is 13.2. The fourth-order valence-electron chi connectivity index (χ4n) is 2.84. The number of nitrogens with zero attached hydrogens (tertiary/aromatic N) is 1. The Morgan fingerprint density at radius 2 is 1.75 bits per heavy atom. The van der Waals surface area contributed by atoms with Crippen molar-refractivity contribution in [1.82, 2.24) is 4.31 Å². The van der Waals surface area contributed by atoms with Crippen LogP contribution in [0, 0.1) is 11.7 Å². The molecule has 1 amide bonds. The summed E-state index contributed by atoms with van der Waals surface area (Å²) in [6.07, 6.45) is 0.477. The van der Waals surface area contributed by atoms with E-state index >= 15 is 0 Å². The standard InChI is InChI=1S/C18H18FNO3S/c1-20(24(22,23)12-13-7-3-2-4-8-13)18(21)16-11-15(16)14-9-5-6-10-17(14)19/h2-10,15-16H,11-12H2,1H3/t15-,16+/m0/s1. The van der Waals surface area contributed by atoms with Crippen molar-refractivity contribution in [3.8, 4) is 0 Å². The average Bonchev–Trinajstić information content (AvgIpc) is 3.35. The summed E-state index contributed by atoms with van der Waals surface area (Å²) in [6, 6.07) is 15.0. The molecule has 0 aliphatic heterocycles. The Hall–Kier alpha value is -2.21. The molecule has 0 spiro atoms. The Kier molecular flexibility index (Phi) is 4.41. The Bertz CT molecular complexity index is 852. The van der Waals surface area contributed by atoms with Crippen LogP contribution < -0.4 is 0 Å². The van der Waals surface area contributed by atoms with Gasteiger partial charge in [-0.05, 0) is 29.5 Å². The number of halogens is 1. The van der Waals surface area contributed by atoms with Gasteiger partial charge < -0.3 is 0 Å². The Balaban J connectivity index is 1.71.